The number of nitrogens with zero attached hydrogens (tertiary/aromatic N) is 2. The van der Waals surface area contributed by atoms with E-state index < -0.39 is 0 Å². The Kier molecular flexibility index (Phi) is 14.0. The summed E-state index contributed by atoms with van der Waals surface area (Å²) in [5, 5.41) is 15.8. The third kappa shape index (κ3) is 11.4. The number of fused-ring (bicyclic) bond motifs is 1. The number of para-hydroxylation sites is 2. The van der Waals surface area contributed by atoms with E-state index in [-0.39, 0.29) is 48.8 Å². The van der Waals surface area contributed by atoms with E-state index in [0.717, 1.165) is 13.0 Å². The number of ether oxygens (including phenoxy) is 1. The second-order valence-electron chi connectivity index (χ2n) is 14.2. The third-order valence-corrected chi connectivity index (χ3v) is 9.75. The second-order valence-corrected chi connectivity index (χ2v) is 14.2. The highest BCUT2D eigenvalue weighted by molar-refractivity contribution is 5.94. The zero-order valence-corrected chi connectivity index (χ0v) is 31.1. The number of rotatable bonds is 15. The van der Waals surface area contributed by atoms with E-state index in [4.69, 9.17) is 10.5 Å². The van der Waals surface area contributed by atoms with Gasteiger partial charge in [-0.2, -0.15) is 0 Å². The number of benzene rings is 4. The van der Waals surface area contributed by atoms with Crippen LogP contribution in [-0.2, 0) is 27.3 Å². The van der Waals surface area contributed by atoms with Crippen molar-refractivity contribution < 1.29 is 24.2 Å². The smallest absolute Gasteiger partial charge is 0.227 e. The zero-order valence-electron chi connectivity index (χ0n) is 31.1. The molecule has 0 aromatic heterocycles. The lowest BCUT2D eigenvalue weighted by atomic mass is 10.0. The molecule has 5 N–H and O–H groups in total. The Bertz CT molecular complexity index is 1820. The van der Waals surface area contributed by atoms with Gasteiger partial charge in [-0.3, -0.25) is 19.3 Å². The predicted octanol–water partition coefficient (Wildman–Crippen LogP) is 6.74. The van der Waals surface area contributed by atoms with Crippen molar-refractivity contribution >= 4 is 34.8 Å². The summed E-state index contributed by atoms with van der Waals surface area (Å²) in [6, 6.07) is 31.2. The van der Waals surface area contributed by atoms with Crippen LogP contribution in [0.4, 0.5) is 17.1 Å². The van der Waals surface area contributed by atoms with Crippen LogP contribution in [-0.4, -0.2) is 71.5 Å². The van der Waals surface area contributed by atoms with Crippen LogP contribution in [0.15, 0.2) is 97.1 Å². The summed E-state index contributed by atoms with van der Waals surface area (Å²) in [4.78, 5) is 42.8. The molecule has 1 aliphatic rings. The minimum absolute atomic E-state index is 0.0243. The standard InChI is InChI=1S/C43H53N5O5/c1-30-26-48(31(2)29-49)43(52)25-35-24-36(45-41(50)16-8-5-9-17-42(51)46-38-15-11-10-14-37(38)44)22-23-39(35)53-40(30)28-47(3)27-32-18-20-34(21-19-32)33-12-6-4-7-13-33/h4,6-7,10-15,18-24,30-31,40,49H,5,8-9,16-17,25-29,44H2,1-3H3,(H,45,50)(H,46,51)/t30-,31+,40+/m0/s1. The fraction of sp³-hybridized carbons (Fsp3) is 0.372. The number of aliphatic hydroxyl groups is 1. The Morgan fingerprint density at radius 3 is 2.26 bits per heavy atom. The number of hydrogen-bond acceptors (Lipinski definition) is 7. The van der Waals surface area contributed by atoms with Gasteiger partial charge in [0.1, 0.15) is 11.9 Å². The third-order valence-electron chi connectivity index (χ3n) is 9.75. The number of amides is 3. The van der Waals surface area contributed by atoms with Gasteiger partial charge in [0, 0.05) is 49.6 Å². The minimum Gasteiger partial charge on any atom is -0.488 e. The maximum atomic E-state index is 13.7. The van der Waals surface area contributed by atoms with E-state index in [9.17, 15) is 19.5 Å². The van der Waals surface area contributed by atoms with Gasteiger partial charge in [0.05, 0.1) is 30.4 Å². The number of nitrogens with one attached hydrogen (secondary N) is 2. The fourth-order valence-corrected chi connectivity index (χ4v) is 6.64. The molecule has 1 aliphatic heterocycles. The summed E-state index contributed by atoms with van der Waals surface area (Å²) >= 11 is 0. The monoisotopic (exact) mass is 719 g/mol. The highest BCUT2D eigenvalue weighted by atomic mass is 16.5. The lowest BCUT2D eigenvalue weighted by Crippen LogP contribution is -2.47. The Labute approximate surface area is 313 Å². The first-order chi connectivity index (χ1) is 25.6. The Morgan fingerprint density at radius 2 is 1.57 bits per heavy atom. The lowest BCUT2D eigenvalue weighted by molar-refractivity contribution is -0.134. The number of carbonyl (C=O) groups excluding carboxylic acids is 3. The maximum absolute atomic E-state index is 13.7. The molecule has 0 bridgehead atoms. The van der Waals surface area contributed by atoms with Crippen molar-refractivity contribution in [3.63, 3.8) is 0 Å². The van der Waals surface area contributed by atoms with Gasteiger partial charge in [-0.25, -0.2) is 0 Å². The van der Waals surface area contributed by atoms with Gasteiger partial charge in [-0.15, -0.1) is 0 Å². The van der Waals surface area contributed by atoms with E-state index in [1.54, 1.807) is 17.0 Å². The number of carbonyl (C=O) groups is 3. The summed E-state index contributed by atoms with van der Waals surface area (Å²) in [6.45, 7) is 5.60. The molecule has 0 unspecified atom stereocenters. The molecule has 0 saturated heterocycles. The maximum Gasteiger partial charge on any atom is 0.227 e. The topological polar surface area (TPSA) is 137 Å². The molecule has 1 heterocycles. The molecule has 0 radical (unpaired) electrons. The molecule has 0 spiro atoms. The molecular weight excluding hydrogens is 667 g/mol. The average Bonchev–Trinajstić information content (AvgIpc) is 3.19. The van der Waals surface area contributed by atoms with Crippen LogP contribution in [0.5, 0.6) is 5.75 Å². The van der Waals surface area contributed by atoms with Gasteiger partial charge in [0.15, 0.2) is 0 Å². The molecule has 4 aromatic carbocycles. The summed E-state index contributed by atoms with van der Waals surface area (Å²) in [6.07, 6.45) is 2.52. The molecule has 0 aliphatic carbocycles. The van der Waals surface area contributed by atoms with Crippen molar-refractivity contribution in [1.82, 2.24) is 9.80 Å². The first-order valence-electron chi connectivity index (χ1n) is 18.6. The predicted molar refractivity (Wildman–Crippen MR) is 211 cm³/mol. The molecule has 3 amide bonds. The van der Waals surface area contributed by atoms with Crippen molar-refractivity contribution in [2.75, 3.05) is 43.1 Å². The molecule has 53 heavy (non-hydrogen) atoms. The van der Waals surface area contributed by atoms with Crippen molar-refractivity contribution in [2.45, 2.75) is 71.1 Å². The average molecular weight is 720 g/mol. The second kappa shape index (κ2) is 19.0. The van der Waals surface area contributed by atoms with Crippen molar-refractivity contribution in [1.29, 1.82) is 0 Å². The normalized spacial score (nSPS) is 16.5. The van der Waals surface area contributed by atoms with Gasteiger partial charge < -0.3 is 31.1 Å². The van der Waals surface area contributed by atoms with Gasteiger partial charge in [-0.1, -0.05) is 80.1 Å². The number of aliphatic hydroxyl groups excluding tert-OH is 1. The molecular formula is C43H53N5O5. The number of hydrogen-bond donors (Lipinski definition) is 4. The van der Waals surface area contributed by atoms with E-state index >= 15 is 0 Å². The first-order valence-corrected chi connectivity index (χ1v) is 18.6. The number of nitrogens with two attached hydrogens (primary N) is 1. The Morgan fingerprint density at radius 1 is 0.906 bits per heavy atom. The summed E-state index contributed by atoms with van der Waals surface area (Å²) < 4.78 is 6.70. The first kappa shape index (κ1) is 39.0. The fourth-order valence-electron chi connectivity index (χ4n) is 6.64. The van der Waals surface area contributed by atoms with Crippen molar-refractivity contribution in [2.24, 2.45) is 5.92 Å². The Balaban J connectivity index is 1.19. The molecule has 280 valence electrons. The molecule has 4 aromatic rings. The summed E-state index contributed by atoms with van der Waals surface area (Å²) in [5.74, 6) is 0.247. The van der Waals surface area contributed by atoms with E-state index in [2.05, 4.69) is 65.9 Å². The lowest BCUT2D eigenvalue weighted by Gasteiger charge is -2.34. The van der Waals surface area contributed by atoms with Crippen LogP contribution < -0.4 is 21.1 Å². The highest BCUT2D eigenvalue weighted by Gasteiger charge is 2.31. The summed E-state index contributed by atoms with van der Waals surface area (Å²) in [5.41, 5.74) is 11.8. The quantitative estimate of drug-likeness (QED) is 0.0789. The van der Waals surface area contributed by atoms with E-state index in [0.29, 0.717) is 67.1 Å². The number of anilines is 3. The Hall–Kier alpha value is -5.19. The number of unbranched alkanes of at least 4 members (excludes halogenated alkanes) is 2. The van der Waals surface area contributed by atoms with Crippen LogP contribution in [0.25, 0.3) is 11.1 Å². The van der Waals surface area contributed by atoms with Gasteiger partial charge >= 0.3 is 0 Å². The van der Waals surface area contributed by atoms with Crippen LogP contribution in [0.2, 0.25) is 0 Å². The SMILES string of the molecule is C[C@H](CO)N1C[C@H](C)[C@@H](CN(C)Cc2ccc(-c3ccccc3)cc2)Oc2ccc(NC(=O)CCCCCC(=O)Nc3ccccc3N)cc2CC1=O. The van der Waals surface area contributed by atoms with Crippen LogP contribution in [0.1, 0.15) is 57.1 Å². The molecule has 0 saturated carbocycles. The van der Waals surface area contributed by atoms with E-state index in [1.807, 2.05) is 55.5 Å². The molecule has 3 atom stereocenters. The van der Waals surface area contributed by atoms with Crippen molar-refractivity contribution in [3.05, 3.63) is 108 Å². The highest BCUT2D eigenvalue weighted by Crippen LogP contribution is 2.30. The minimum atomic E-state index is -0.349. The van der Waals surface area contributed by atoms with Crippen LogP contribution in [0, 0.1) is 5.92 Å². The molecule has 10 nitrogen and oxygen atoms in total. The molecule has 10 heteroatoms. The number of likely N-dealkylation sites (N-methyl/N-ethyl adjacent to an activating group) is 1. The van der Waals surface area contributed by atoms with Gasteiger partial charge in [-0.05, 0) is 73.8 Å². The molecule has 5 rings (SSSR count). The summed E-state index contributed by atoms with van der Waals surface area (Å²) in [7, 11) is 2.07. The van der Waals surface area contributed by atoms with Gasteiger partial charge in [0.25, 0.3) is 0 Å². The molecule has 0 fully saturated rings. The largest absolute Gasteiger partial charge is 0.488 e. The number of nitrogen functional groups attached to an aromatic ring is 1. The van der Waals surface area contributed by atoms with E-state index in [1.165, 1.54) is 16.7 Å². The van der Waals surface area contributed by atoms with Crippen molar-refractivity contribution in [3.8, 4) is 16.9 Å². The van der Waals surface area contributed by atoms with Gasteiger partial charge in [0.2, 0.25) is 17.7 Å². The zero-order chi connectivity index (χ0) is 37.7. The van der Waals surface area contributed by atoms with Crippen LogP contribution >= 0.6 is 0 Å². The van der Waals surface area contributed by atoms with Crippen LogP contribution in [0.3, 0.4) is 0 Å².